The van der Waals surface area contributed by atoms with E-state index in [-0.39, 0.29) is 164 Å². The molecule has 0 fully saturated rings. The molecule has 0 spiro atoms. The Morgan fingerprint density at radius 2 is 0.590 bits per heavy atom. The third kappa shape index (κ3) is 22.8. The number of nitrogens with zero attached hydrogens (tertiary/aromatic N) is 8. The van der Waals surface area contributed by atoms with Crippen molar-refractivity contribution in [3.63, 3.8) is 0 Å². The quantitative estimate of drug-likeness (QED) is 0.0174. The van der Waals surface area contributed by atoms with E-state index in [4.69, 9.17) is 32.5 Å². The minimum Gasteiger partial charge on any atom is -0.505 e. The third-order valence-electron chi connectivity index (χ3n) is 22.4. The Kier molecular flexibility index (Phi) is 31.0. The number of aromatic hydroxyl groups is 5. The second-order valence-electron chi connectivity index (χ2n) is 31.7. The number of rotatable bonds is 17. The van der Waals surface area contributed by atoms with Crippen LogP contribution in [0, 0.1) is 42.9 Å². The number of nitrogens with one attached hydrogen (secondary N) is 2. The molecule has 708 valence electrons. The van der Waals surface area contributed by atoms with Crippen molar-refractivity contribution in [3.8, 4) is 95.8 Å². The molecular weight excluding hydrogens is 1940 g/mol. The molecule has 31 nitrogen and oxygen atoms in total. The van der Waals surface area contributed by atoms with Gasteiger partial charge >= 0.3 is 29.8 Å². The molecule has 1 aliphatic heterocycles. The van der Waals surface area contributed by atoms with Crippen LogP contribution in [0.2, 0.25) is 0 Å². The number of aromatic amines is 2. The van der Waals surface area contributed by atoms with Crippen molar-refractivity contribution in [3.05, 3.63) is 359 Å². The molecule has 3 aliphatic carbocycles. The van der Waals surface area contributed by atoms with Crippen LogP contribution in [-0.2, 0) is 43.3 Å². The van der Waals surface area contributed by atoms with Crippen molar-refractivity contribution in [2.45, 2.75) is 65.7 Å². The first kappa shape index (κ1) is 101. The first-order valence-corrected chi connectivity index (χ1v) is 41.6. The van der Waals surface area contributed by atoms with E-state index in [1.807, 2.05) is 49.4 Å². The van der Waals surface area contributed by atoms with Gasteiger partial charge in [-0.2, -0.15) is 5.10 Å². The zero-order chi connectivity index (χ0) is 98.2. The normalized spacial score (nSPS) is 12.1. The van der Waals surface area contributed by atoms with Gasteiger partial charge in [0.2, 0.25) is 0 Å². The number of aromatic carboxylic acids is 5. The predicted octanol–water partition coefficient (Wildman–Crippen LogP) is 20.9. The number of hydrogen-bond acceptors (Lipinski definition) is 21. The van der Waals surface area contributed by atoms with Gasteiger partial charge in [-0.3, -0.25) is 24.6 Å². The Morgan fingerprint density at radius 1 is 0.331 bits per heavy atom. The summed E-state index contributed by atoms with van der Waals surface area (Å²) < 4.78 is 71.2. The maximum absolute atomic E-state index is 14.3. The van der Waals surface area contributed by atoms with Crippen molar-refractivity contribution in [1.29, 1.82) is 0 Å². The molecule has 139 heavy (non-hydrogen) atoms. The van der Waals surface area contributed by atoms with Crippen molar-refractivity contribution in [1.82, 2.24) is 19.6 Å². The van der Waals surface area contributed by atoms with Crippen LogP contribution in [0.15, 0.2) is 272 Å². The Balaban J connectivity index is 0.000000154. The second kappa shape index (κ2) is 42.9. The summed E-state index contributed by atoms with van der Waals surface area (Å²) in [5, 5.41) is 123. The molecule has 0 unspecified atom stereocenters. The van der Waals surface area contributed by atoms with Gasteiger partial charge in [-0.1, -0.05) is 78.9 Å². The average molecular weight is 2020 g/mol. The van der Waals surface area contributed by atoms with E-state index in [0.717, 1.165) is 104 Å². The molecule has 1 amide bonds. The summed E-state index contributed by atoms with van der Waals surface area (Å²) in [7, 11) is 0. The van der Waals surface area contributed by atoms with E-state index in [2.05, 4.69) is 47.9 Å². The average Bonchev–Trinajstić information content (AvgIpc) is 1.63. The van der Waals surface area contributed by atoms with Crippen molar-refractivity contribution in [2.24, 2.45) is 25.6 Å². The van der Waals surface area contributed by atoms with Crippen LogP contribution < -0.4 is 33.3 Å². The van der Waals surface area contributed by atoms with Crippen LogP contribution in [0.1, 0.15) is 110 Å². The summed E-state index contributed by atoms with van der Waals surface area (Å²) in [5.41, 5.74) is 29.2. The van der Waals surface area contributed by atoms with Crippen LogP contribution in [0.25, 0.3) is 67.0 Å². The zero-order valence-corrected chi connectivity index (χ0v) is 76.6. The number of azo groups is 2. The molecule has 13 aromatic carbocycles. The molecule has 4 aliphatic rings. The number of amides is 1. The number of anilines is 4. The zero-order valence-electron chi connectivity index (χ0n) is 73.2. The van der Waals surface area contributed by atoms with Gasteiger partial charge in [0.15, 0.2) is 22.9 Å². The second-order valence-corrected chi connectivity index (χ2v) is 31.7. The van der Waals surface area contributed by atoms with Crippen molar-refractivity contribution < 1.29 is 102 Å². The number of phenols is 5. The number of carboxylic acid groups (broad SMARTS) is 5. The highest BCUT2D eigenvalue weighted by Gasteiger charge is 2.27. The number of phenolic OH excluding ortho intramolecular Hbond substituents is 5. The fourth-order valence-corrected chi connectivity index (χ4v) is 15.0. The Morgan fingerprint density at radius 3 is 0.842 bits per heavy atom. The van der Waals surface area contributed by atoms with Crippen molar-refractivity contribution >= 4 is 121 Å². The van der Waals surface area contributed by atoms with Gasteiger partial charge in [-0.15, -0.1) is 54.4 Å². The minimum atomic E-state index is -1.15. The minimum absolute atomic E-state index is 0. The topological polar surface area (TPSA) is 523 Å². The molecule has 0 atom stereocenters. The van der Waals surface area contributed by atoms with Crippen LogP contribution in [-0.4, -0.2) is 112 Å². The summed E-state index contributed by atoms with van der Waals surface area (Å²) in [5.74, 6) is -10.3. The summed E-state index contributed by atoms with van der Waals surface area (Å²) in [6.45, 7) is 5.22. The summed E-state index contributed by atoms with van der Waals surface area (Å²) in [6.07, 6.45) is 6.78. The van der Waals surface area contributed by atoms with Gasteiger partial charge in [0.25, 0.3) is 17.0 Å². The number of carbonyl (C=O) groups is 6. The third-order valence-corrected chi connectivity index (χ3v) is 22.4. The summed E-state index contributed by atoms with van der Waals surface area (Å²) in [6, 6.07) is 57.2. The number of carboxylic acids is 5. The number of halogens is 7. The first-order valence-electron chi connectivity index (χ1n) is 41.6. The molecule has 38 heteroatoms. The SMILES string of the molecule is Br.Br.CC1=NN(c2ccc3c(c2)CC3)C(=O)C1.Cc1[nH]n(-c2ccc3c(c2)CC3)c(=O)c1N=Nc1cc(F)cc(-c2cccc(C(=O)O)c2)c1O.Cc1[nH]n(-c2ccc3c(c2)CC3)c(=O)c1N=Nc1cc(F)cc(-c2cccc(C(=O)O)c2)c1O.Nc1cc(F)cc(-c2cccc(C(=O)O)c2)c1O.Nc1cc(F)cc(-c2cccc(C(=O)O)c2)c1O.Nc1cc(F)cc(-c2cccc(C(=O)O)c2)c1O. The van der Waals surface area contributed by atoms with E-state index >= 15 is 0 Å². The highest BCUT2D eigenvalue weighted by molar-refractivity contribution is 8.93. The molecule has 3 heterocycles. The standard InChI is InChI=1S/2C25H19FN4O4.3C13H10FNO3.C12H12N2O.2BrH/c2*1-13-22(24(32)30(29-13)19-8-7-14-5-6-15(14)10-19)28-27-21-12-18(26)11-20(23(21)31)16-3-2-4-17(9-16)25(33)34;3*14-9-5-10(12(16)11(15)6-9)7-2-1-3-8(4-7)13(17)18;1-8-6-12(15)14(13-8)11-5-4-9-2-3-10(9)7-11;;/h2*2-4,7-12,29,31H,5-6H2,1H3,(H,33,34);3*1-6,16H,15H2,(H,17,18);4-5,7H,2-3,6H2,1H3;2*1H. The number of hydrazone groups is 1. The monoisotopic (exact) mass is 2020 g/mol. The van der Waals surface area contributed by atoms with E-state index < -0.39 is 70.1 Å². The van der Waals surface area contributed by atoms with Gasteiger partial charge in [-0.05, 0) is 248 Å². The number of fused-ring (bicyclic) bond motifs is 3. The van der Waals surface area contributed by atoms with Crippen LogP contribution >= 0.6 is 34.0 Å². The maximum Gasteiger partial charge on any atom is 0.335 e. The van der Waals surface area contributed by atoms with E-state index in [9.17, 15) is 96.1 Å². The first-order chi connectivity index (χ1) is 65.3. The number of hydrogen-bond donors (Lipinski definition) is 15. The number of nitrogen functional groups attached to an aromatic ring is 3. The predicted molar refractivity (Wildman–Crippen MR) is 521 cm³/mol. The van der Waals surface area contributed by atoms with Crippen LogP contribution in [0.5, 0.6) is 28.7 Å². The molecular formula is C101H82Br2F5N13O18. The largest absolute Gasteiger partial charge is 0.505 e. The summed E-state index contributed by atoms with van der Waals surface area (Å²) >= 11 is 0. The number of aromatic nitrogens is 4. The molecule has 15 aromatic rings. The van der Waals surface area contributed by atoms with Gasteiger partial charge < -0.3 is 68.3 Å². The number of aryl methyl sites for hydroxylation is 8. The van der Waals surface area contributed by atoms with Crippen LogP contribution in [0.3, 0.4) is 0 Å². The summed E-state index contributed by atoms with van der Waals surface area (Å²) in [4.78, 5) is 92.6. The Bertz CT molecular complexity index is 7170. The van der Waals surface area contributed by atoms with Gasteiger partial charge in [0.1, 0.15) is 57.7 Å². The van der Waals surface area contributed by atoms with Crippen molar-refractivity contribution in [2.75, 3.05) is 22.2 Å². The smallest absolute Gasteiger partial charge is 0.335 e. The molecule has 18 N–H and O–H groups in total. The van der Waals surface area contributed by atoms with E-state index in [1.165, 1.54) is 145 Å². The van der Waals surface area contributed by atoms with Gasteiger partial charge in [0.05, 0.1) is 79.8 Å². The highest BCUT2D eigenvalue weighted by atomic mass is 79.9. The lowest BCUT2D eigenvalue weighted by atomic mass is 9.88. The molecule has 0 saturated carbocycles. The molecule has 0 bridgehead atoms. The van der Waals surface area contributed by atoms with Crippen LogP contribution in [0.4, 0.5) is 67.5 Å². The fourth-order valence-electron chi connectivity index (χ4n) is 15.0. The van der Waals surface area contributed by atoms with E-state index in [1.54, 1.807) is 44.2 Å². The molecule has 2 aromatic heterocycles. The van der Waals surface area contributed by atoms with E-state index in [0.29, 0.717) is 57.0 Å². The maximum atomic E-state index is 14.3. The number of benzene rings is 13. The molecule has 0 saturated heterocycles. The number of H-pyrrole nitrogens is 2. The Hall–Kier alpha value is -17.4. The lowest BCUT2D eigenvalue weighted by Gasteiger charge is -2.21. The number of carbonyl (C=O) groups excluding carboxylic acids is 1. The lowest BCUT2D eigenvalue weighted by molar-refractivity contribution is -0.116. The van der Waals surface area contributed by atoms with Gasteiger partial charge in [0, 0.05) is 63.9 Å². The molecule has 0 radical (unpaired) electrons. The van der Waals surface area contributed by atoms with Gasteiger partial charge in [-0.25, -0.2) is 60.3 Å². The lowest BCUT2D eigenvalue weighted by Crippen LogP contribution is -2.20. The molecule has 19 rings (SSSR count). The fraction of sp³-hybridized carbons (Fsp3) is 0.0990. The number of nitrogens with two attached hydrogens (primary N) is 3. The Labute approximate surface area is 805 Å². The highest BCUT2D eigenvalue weighted by Crippen LogP contribution is 2.44.